The molecule has 0 spiro atoms. The lowest BCUT2D eigenvalue weighted by atomic mass is 10.1. The van der Waals surface area contributed by atoms with E-state index in [4.69, 9.17) is 5.11 Å². The van der Waals surface area contributed by atoms with E-state index in [0.29, 0.717) is 0 Å². The topological polar surface area (TPSA) is 78.4 Å². The number of hydrogen-bond donors (Lipinski definition) is 3. The first-order valence-corrected chi connectivity index (χ1v) is 8.12. The van der Waals surface area contributed by atoms with Gasteiger partial charge < -0.3 is 5.11 Å². The van der Waals surface area contributed by atoms with Crippen molar-refractivity contribution in [3.05, 3.63) is 35.4 Å². The van der Waals surface area contributed by atoms with Crippen LogP contribution in [0, 0.1) is 11.8 Å². The van der Waals surface area contributed by atoms with Crippen LogP contribution >= 0.6 is 0 Å². The van der Waals surface area contributed by atoms with Crippen LogP contribution < -0.4 is 9.44 Å². The smallest absolute Gasteiger partial charge is 0.277 e. The van der Waals surface area contributed by atoms with E-state index < -0.39 is 15.7 Å². The molecule has 1 rings (SSSR count). The summed E-state index contributed by atoms with van der Waals surface area (Å²) >= 11 is 0. The average Bonchev–Trinajstić information content (AvgIpc) is 2.33. The molecule has 6 heteroatoms. The third-order valence-electron chi connectivity index (χ3n) is 2.49. The van der Waals surface area contributed by atoms with Gasteiger partial charge >= 0.3 is 0 Å². The van der Waals surface area contributed by atoms with Crippen molar-refractivity contribution < 1.29 is 13.5 Å². The van der Waals surface area contributed by atoms with Crippen molar-refractivity contribution in [2.75, 3.05) is 6.61 Å². The quantitative estimate of drug-likeness (QED) is 0.734. The Morgan fingerprint density at radius 3 is 2.29 bits per heavy atom. The lowest BCUT2D eigenvalue weighted by Gasteiger charge is -2.22. The Balaban J connectivity index is 2.78. The molecule has 0 heterocycles. The maximum absolute atomic E-state index is 12.0. The van der Waals surface area contributed by atoms with E-state index in [9.17, 15) is 8.42 Å². The van der Waals surface area contributed by atoms with Gasteiger partial charge in [-0.2, -0.15) is 17.9 Å². The van der Waals surface area contributed by atoms with Gasteiger partial charge in [-0.15, -0.1) is 0 Å². The molecule has 0 amide bonds. The molecule has 21 heavy (non-hydrogen) atoms. The van der Waals surface area contributed by atoms with Crippen LogP contribution in [-0.2, 0) is 10.2 Å². The fourth-order valence-corrected chi connectivity index (χ4v) is 3.20. The molecule has 1 aromatic rings. The highest BCUT2D eigenvalue weighted by Gasteiger charge is 2.21. The first kappa shape index (κ1) is 17.7. The third-order valence-corrected chi connectivity index (χ3v) is 4.04. The zero-order chi connectivity index (χ0) is 16.1. The molecule has 3 N–H and O–H groups in total. The molecule has 1 atom stereocenters. The number of rotatable bonds is 4. The Hall–Kier alpha value is -1.39. The second-order valence-electron chi connectivity index (χ2n) is 5.78. The molecule has 116 valence electrons. The van der Waals surface area contributed by atoms with Crippen LogP contribution in [0.1, 0.15) is 44.9 Å². The van der Waals surface area contributed by atoms with Crippen molar-refractivity contribution in [2.45, 2.75) is 39.3 Å². The molecule has 5 nitrogen and oxygen atoms in total. The lowest BCUT2D eigenvalue weighted by Crippen LogP contribution is -2.47. The Kier molecular flexibility index (Phi) is 5.93. The minimum atomic E-state index is -3.57. The van der Waals surface area contributed by atoms with E-state index >= 15 is 0 Å². The molecular weight excluding hydrogens is 288 g/mol. The van der Waals surface area contributed by atoms with Gasteiger partial charge in [-0.1, -0.05) is 24.0 Å². The Morgan fingerprint density at radius 2 is 1.81 bits per heavy atom. The van der Waals surface area contributed by atoms with E-state index in [1.165, 1.54) is 0 Å². The molecule has 0 radical (unpaired) electrons. The fourth-order valence-electron chi connectivity index (χ4n) is 1.73. The van der Waals surface area contributed by atoms with Gasteiger partial charge in [-0.25, -0.2) is 0 Å². The van der Waals surface area contributed by atoms with Crippen molar-refractivity contribution >= 4 is 10.2 Å². The normalized spacial score (nSPS) is 13.4. The van der Waals surface area contributed by atoms with E-state index in [2.05, 4.69) is 21.3 Å². The van der Waals surface area contributed by atoms with Crippen LogP contribution in [0.2, 0.25) is 0 Å². The third kappa shape index (κ3) is 6.74. The van der Waals surface area contributed by atoms with E-state index in [-0.39, 0.29) is 12.6 Å². The molecule has 1 unspecified atom stereocenters. The Morgan fingerprint density at radius 1 is 1.24 bits per heavy atom. The predicted octanol–water partition coefficient (Wildman–Crippen LogP) is 1.31. The summed E-state index contributed by atoms with van der Waals surface area (Å²) < 4.78 is 29.1. The number of aliphatic hydroxyl groups is 1. The van der Waals surface area contributed by atoms with Crippen molar-refractivity contribution in [2.24, 2.45) is 0 Å². The largest absolute Gasteiger partial charge is 0.384 e. The minimum absolute atomic E-state index is 0.184. The first-order chi connectivity index (χ1) is 9.63. The molecule has 0 saturated carbocycles. The van der Waals surface area contributed by atoms with Gasteiger partial charge in [0.25, 0.3) is 10.2 Å². The zero-order valence-corrected chi connectivity index (χ0v) is 13.6. The van der Waals surface area contributed by atoms with Crippen molar-refractivity contribution in [1.82, 2.24) is 9.44 Å². The molecule has 1 aromatic carbocycles. The van der Waals surface area contributed by atoms with Crippen LogP contribution in [0.15, 0.2) is 24.3 Å². The van der Waals surface area contributed by atoms with Gasteiger partial charge in [-0.05, 0) is 45.4 Å². The predicted molar refractivity (Wildman–Crippen MR) is 83.8 cm³/mol. The molecule has 0 bridgehead atoms. The van der Waals surface area contributed by atoms with Gasteiger partial charge in [-0.3, -0.25) is 0 Å². The Bertz CT molecular complexity index is 620. The highest BCUT2D eigenvalue weighted by Crippen LogP contribution is 2.14. The van der Waals surface area contributed by atoms with Crippen molar-refractivity contribution in [1.29, 1.82) is 0 Å². The van der Waals surface area contributed by atoms with Gasteiger partial charge in [0, 0.05) is 17.1 Å². The van der Waals surface area contributed by atoms with Crippen LogP contribution in [-0.4, -0.2) is 25.7 Å². The lowest BCUT2D eigenvalue weighted by molar-refractivity contribution is 0.350. The highest BCUT2D eigenvalue weighted by atomic mass is 32.2. The van der Waals surface area contributed by atoms with Crippen molar-refractivity contribution in [3.63, 3.8) is 0 Å². The number of hydrogen-bond acceptors (Lipinski definition) is 3. The SMILES string of the molecule is CC(NS(=O)(=O)NC(C)(C)C)c1ccc(C#CCO)cc1. The van der Waals surface area contributed by atoms with Crippen molar-refractivity contribution in [3.8, 4) is 11.8 Å². The maximum Gasteiger partial charge on any atom is 0.277 e. The van der Waals surface area contributed by atoms with Crippen LogP contribution in [0.3, 0.4) is 0 Å². The molecule has 0 aliphatic carbocycles. The summed E-state index contributed by atoms with van der Waals surface area (Å²) in [6.07, 6.45) is 0. The fraction of sp³-hybridized carbons (Fsp3) is 0.467. The second kappa shape index (κ2) is 7.05. The maximum atomic E-state index is 12.0. The van der Waals surface area contributed by atoms with E-state index in [1.54, 1.807) is 39.8 Å². The molecule has 0 aliphatic heterocycles. The number of benzene rings is 1. The second-order valence-corrected chi connectivity index (χ2v) is 7.22. The number of nitrogens with one attached hydrogen (secondary N) is 2. The molecule has 0 saturated heterocycles. The van der Waals surface area contributed by atoms with E-state index in [0.717, 1.165) is 11.1 Å². The Labute approximate surface area is 127 Å². The van der Waals surface area contributed by atoms with Crippen LogP contribution in [0.4, 0.5) is 0 Å². The summed E-state index contributed by atoms with van der Waals surface area (Å²) in [5.41, 5.74) is 1.08. The summed E-state index contributed by atoms with van der Waals surface area (Å²) in [5, 5.41) is 8.63. The summed E-state index contributed by atoms with van der Waals surface area (Å²) in [6.45, 7) is 6.94. The van der Waals surface area contributed by atoms with E-state index in [1.807, 2.05) is 12.1 Å². The summed E-state index contributed by atoms with van der Waals surface area (Å²) in [6, 6.07) is 6.85. The average molecular weight is 310 g/mol. The van der Waals surface area contributed by atoms with Crippen LogP contribution in [0.25, 0.3) is 0 Å². The highest BCUT2D eigenvalue weighted by molar-refractivity contribution is 7.87. The zero-order valence-electron chi connectivity index (χ0n) is 12.8. The molecule has 0 fully saturated rings. The van der Waals surface area contributed by atoms with Gasteiger partial charge in [0.2, 0.25) is 0 Å². The molecule has 0 aromatic heterocycles. The van der Waals surface area contributed by atoms with Gasteiger partial charge in [0.1, 0.15) is 6.61 Å². The standard InChI is InChI=1S/C15H22N2O3S/c1-12(16-21(19,20)17-15(2,3)4)14-9-7-13(8-10-14)6-5-11-18/h7-10,12,16-18H,11H2,1-4H3. The summed E-state index contributed by atoms with van der Waals surface area (Å²) in [7, 11) is -3.57. The van der Waals surface area contributed by atoms with Crippen LogP contribution in [0.5, 0.6) is 0 Å². The minimum Gasteiger partial charge on any atom is -0.384 e. The summed E-state index contributed by atoms with van der Waals surface area (Å²) in [5.74, 6) is 5.35. The van der Waals surface area contributed by atoms with Gasteiger partial charge in [0.05, 0.1) is 0 Å². The van der Waals surface area contributed by atoms with Gasteiger partial charge in [0.15, 0.2) is 0 Å². The first-order valence-electron chi connectivity index (χ1n) is 6.64. The molecule has 0 aliphatic rings. The monoisotopic (exact) mass is 310 g/mol. The number of aliphatic hydroxyl groups excluding tert-OH is 1. The molecular formula is C15H22N2O3S. The summed E-state index contributed by atoms with van der Waals surface area (Å²) in [4.78, 5) is 0.